The van der Waals surface area contributed by atoms with Crippen LogP contribution in [-0.2, 0) is 17.7 Å². The molecule has 0 saturated heterocycles. The van der Waals surface area contributed by atoms with Gasteiger partial charge in [-0.05, 0) is 18.1 Å². The van der Waals surface area contributed by atoms with Crippen molar-refractivity contribution in [1.82, 2.24) is 15.0 Å². The number of carbonyl (C=O) groups excluding carboxylic acids is 1. The van der Waals surface area contributed by atoms with Crippen LogP contribution in [0.2, 0.25) is 0 Å². The third-order valence-corrected chi connectivity index (χ3v) is 2.97. The fraction of sp³-hybridized carbons (Fsp3) is 0.357. The predicted molar refractivity (Wildman–Crippen MR) is 79.1 cm³/mol. The second kappa shape index (κ2) is 7.51. The molecule has 0 aliphatic carbocycles. The molecular formula is C14H19N5O2. The number of benzene rings is 1. The summed E-state index contributed by atoms with van der Waals surface area (Å²) in [4.78, 5) is 12.2. The van der Waals surface area contributed by atoms with Gasteiger partial charge in [0, 0.05) is 19.3 Å². The van der Waals surface area contributed by atoms with E-state index in [0.29, 0.717) is 19.7 Å². The number of nitrogens with zero attached hydrogens (tertiary/aromatic N) is 3. The summed E-state index contributed by atoms with van der Waals surface area (Å²) < 4.78 is 6.62. The van der Waals surface area contributed by atoms with Crippen molar-refractivity contribution in [3.63, 3.8) is 0 Å². The number of ether oxygens (including phenoxy) is 1. The summed E-state index contributed by atoms with van der Waals surface area (Å²) in [6.45, 7) is 1.58. The fourth-order valence-corrected chi connectivity index (χ4v) is 1.90. The van der Waals surface area contributed by atoms with E-state index in [1.54, 1.807) is 18.0 Å². The summed E-state index contributed by atoms with van der Waals surface area (Å²) in [5, 5.41) is 10.5. The molecule has 3 N–H and O–H groups in total. The third-order valence-electron chi connectivity index (χ3n) is 2.97. The summed E-state index contributed by atoms with van der Waals surface area (Å²) in [6.07, 6.45) is 2.31. The van der Waals surface area contributed by atoms with E-state index in [1.165, 1.54) is 0 Å². The topological polar surface area (TPSA) is 95.1 Å². The molecule has 2 aromatic rings. The molecule has 0 atom stereocenters. The van der Waals surface area contributed by atoms with Crippen LogP contribution in [0.1, 0.15) is 16.1 Å². The summed E-state index contributed by atoms with van der Waals surface area (Å²) in [5.74, 6) is -0.289. The number of nitrogens with two attached hydrogens (primary N) is 1. The second-order valence-electron chi connectivity index (χ2n) is 4.51. The number of anilines is 1. The zero-order valence-electron chi connectivity index (χ0n) is 12.0. The lowest BCUT2D eigenvalue weighted by Crippen LogP contribution is -2.14. The van der Waals surface area contributed by atoms with Gasteiger partial charge in [-0.15, -0.1) is 5.10 Å². The van der Waals surface area contributed by atoms with Crippen LogP contribution in [0.3, 0.4) is 0 Å². The molecule has 1 amide bonds. The molecule has 7 heteroatoms. The lowest BCUT2D eigenvalue weighted by Gasteiger charge is -2.09. The molecule has 1 heterocycles. The first kappa shape index (κ1) is 15.1. The average molecular weight is 289 g/mol. The van der Waals surface area contributed by atoms with Crippen LogP contribution in [0.4, 0.5) is 5.69 Å². The maximum Gasteiger partial charge on any atom is 0.277 e. The maximum atomic E-state index is 12.2. The van der Waals surface area contributed by atoms with Gasteiger partial charge < -0.3 is 15.8 Å². The second-order valence-corrected chi connectivity index (χ2v) is 4.51. The van der Waals surface area contributed by atoms with Crippen LogP contribution < -0.4 is 11.1 Å². The van der Waals surface area contributed by atoms with Gasteiger partial charge in [0.2, 0.25) is 0 Å². The Morgan fingerprint density at radius 3 is 3.00 bits per heavy atom. The molecule has 0 spiro atoms. The Morgan fingerprint density at radius 2 is 2.24 bits per heavy atom. The average Bonchev–Trinajstić information content (AvgIpc) is 2.95. The Hall–Kier alpha value is -2.25. The highest BCUT2D eigenvalue weighted by molar-refractivity contribution is 6.03. The van der Waals surface area contributed by atoms with Crippen LogP contribution in [0.25, 0.3) is 0 Å². The lowest BCUT2D eigenvalue weighted by molar-refractivity contribution is 0.102. The van der Waals surface area contributed by atoms with Crippen LogP contribution in [0.5, 0.6) is 0 Å². The Kier molecular flexibility index (Phi) is 5.42. The van der Waals surface area contributed by atoms with E-state index in [9.17, 15) is 4.79 Å². The molecule has 21 heavy (non-hydrogen) atoms. The molecule has 0 bridgehead atoms. The minimum atomic E-state index is -0.289. The number of para-hydroxylation sites is 1. The first-order valence-electron chi connectivity index (χ1n) is 6.73. The van der Waals surface area contributed by atoms with Crippen molar-refractivity contribution in [3.8, 4) is 0 Å². The monoisotopic (exact) mass is 289 g/mol. The smallest absolute Gasteiger partial charge is 0.277 e. The minimum Gasteiger partial charge on any atom is -0.384 e. The van der Waals surface area contributed by atoms with Crippen molar-refractivity contribution in [2.45, 2.75) is 13.0 Å². The number of methoxy groups -OCH3 is 1. The van der Waals surface area contributed by atoms with E-state index in [4.69, 9.17) is 10.5 Å². The number of aromatic nitrogens is 3. The van der Waals surface area contributed by atoms with Gasteiger partial charge in [-0.25, -0.2) is 0 Å². The first-order valence-corrected chi connectivity index (χ1v) is 6.73. The maximum absolute atomic E-state index is 12.2. The zero-order chi connectivity index (χ0) is 15.1. The Bertz CT molecular complexity index is 597. The van der Waals surface area contributed by atoms with Crippen molar-refractivity contribution in [3.05, 3.63) is 41.7 Å². The van der Waals surface area contributed by atoms with Gasteiger partial charge in [0.05, 0.1) is 19.3 Å². The molecular weight excluding hydrogens is 270 g/mol. The van der Waals surface area contributed by atoms with Gasteiger partial charge in [0.25, 0.3) is 5.91 Å². The standard InChI is InChI=1S/C14H19N5O2/c1-21-9-6-11-4-2-3-5-12(11)16-14(20)13-10-19(8-7-15)18-17-13/h2-5,10H,6-9,15H2,1H3,(H,16,20). The van der Waals surface area contributed by atoms with Gasteiger partial charge >= 0.3 is 0 Å². The largest absolute Gasteiger partial charge is 0.384 e. The molecule has 1 aromatic heterocycles. The molecule has 112 valence electrons. The van der Waals surface area contributed by atoms with Crippen LogP contribution in [0.15, 0.2) is 30.5 Å². The van der Waals surface area contributed by atoms with Gasteiger partial charge in [0.1, 0.15) is 0 Å². The zero-order valence-corrected chi connectivity index (χ0v) is 12.0. The van der Waals surface area contributed by atoms with E-state index >= 15 is 0 Å². The molecule has 0 saturated carbocycles. The molecule has 1 aromatic carbocycles. The lowest BCUT2D eigenvalue weighted by atomic mass is 10.1. The number of hydrogen-bond donors (Lipinski definition) is 2. The van der Waals surface area contributed by atoms with Crippen molar-refractivity contribution in [2.24, 2.45) is 5.73 Å². The Morgan fingerprint density at radius 1 is 1.43 bits per heavy atom. The normalized spacial score (nSPS) is 10.6. The van der Waals surface area contributed by atoms with Crippen molar-refractivity contribution in [2.75, 3.05) is 25.6 Å². The minimum absolute atomic E-state index is 0.269. The number of amides is 1. The molecule has 0 fully saturated rings. The molecule has 2 rings (SSSR count). The van der Waals surface area contributed by atoms with Crippen LogP contribution in [-0.4, -0.2) is 41.2 Å². The SMILES string of the molecule is COCCc1ccccc1NC(=O)c1cn(CCN)nn1. The molecule has 0 aliphatic rings. The summed E-state index contributed by atoms with van der Waals surface area (Å²) >= 11 is 0. The number of hydrogen-bond acceptors (Lipinski definition) is 5. The summed E-state index contributed by atoms with van der Waals surface area (Å²) in [5.41, 5.74) is 7.48. The fourth-order valence-electron chi connectivity index (χ4n) is 1.90. The molecule has 0 aliphatic heterocycles. The summed E-state index contributed by atoms with van der Waals surface area (Å²) in [6, 6.07) is 7.61. The van der Waals surface area contributed by atoms with E-state index < -0.39 is 0 Å². The van der Waals surface area contributed by atoms with Crippen molar-refractivity contribution in [1.29, 1.82) is 0 Å². The highest BCUT2D eigenvalue weighted by atomic mass is 16.5. The Labute approximate surface area is 123 Å². The highest BCUT2D eigenvalue weighted by Gasteiger charge is 2.12. The van der Waals surface area contributed by atoms with Crippen molar-refractivity contribution < 1.29 is 9.53 Å². The van der Waals surface area contributed by atoms with Gasteiger partial charge in [-0.2, -0.15) is 0 Å². The van der Waals surface area contributed by atoms with Crippen LogP contribution in [0, 0.1) is 0 Å². The van der Waals surface area contributed by atoms with Gasteiger partial charge in [-0.3, -0.25) is 9.48 Å². The molecule has 0 unspecified atom stereocenters. The number of nitrogens with one attached hydrogen (secondary N) is 1. The Balaban J connectivity index is 2.07. The van der Waals surface area contributed by atoms with E-state index in [1.807, 2.05) is 24.3 Å². The molecule has 7 nitrogen and oxygen atoms in total. The molecule has 0 radical (unpaired) electrons. The van der Waals surface area contributed by atoms with Crippen LogP contribution >= 0.6 is 0 Å². The third kappa shape index (κ3) is 4.11. The highest BCUT2D eigenvalue weighted by Crippen LogP contribution is 2.16. The van der Waals surface area contributed by atoms with Gasteiger partial charge in [-0.1, -0.05) is 23.4 Å². The van der Waals surface area contributed by atoms with E-state index in [2.05, 4.69) is 15.6 Å². The number of rotatable bonds is 7. The predicted octanol–water partition coefficient (Wildman–Crippen LogP) is 0.678. The van der Waals surface area contributed by atoms with Gasteiger partial charge in [0.15, 0.2) is 5.69 Å². The summed E-state index contributed by atoms with van der Waals surface area (Å²) in [7, 11) is 1.65. The number of carbonyl (C=O) groups is 1. The first-order chi connectivity index (χ1) is 10.2. The van der Waals surface area contributed by atoms with Crippen molar-refractivity contribution >= 4 is 11.6 Å². The van der Waals surface area contributed by atoms with E-state index in [0.717, 1.165) is 17.7 Å². The van der Waals surface area contributed by atoms with E-state index in [-0.39, 0.29) is 11.6 Å². The quantitative estimate of drug-likeness (QED) is 0.781.